The fourth-order valence-corrected chi connectivity index (χ4v) is 2.52. The van der Waals surface area contributed by atoms with Crippen LogP contribution >= 0.6 is 23.8 Å². The van der Waals surface area contributed by atoms with E-state index in [-0.39, 0.29) is 5.41 Å². The minimum atomic E-state index is 0.0859. The third-order valence-corrected chi connectivity index (χ3v) is 3.07. The van der Waals surface area contributed by atoms with Crippen LogP contribution in [-0.4, -0.2) is 4.99 Å². The van der Waals surface area contributed by atoms with E-state index in [0.29, 0.717) is 0 Å². The lowest BCUT2D eigenvalue weighted by molar-refractivity contribution is 0.547. The second kappa shape index (κ2) is 3.21. The molecule has 1 aromatic carbocycles. The van der Waals surface area contributed by atoms with Crippen LogP contribution < -0.4 is 5.32 Å². The molecule has 14 heavy (non-hydrogen) atoms. The normalized spacial score (nSPS) is 18.6. The van der Waals surface area contributed by atoms with Gasteiger partial charge in [0.1, 0.15) is 0 Å². The van der Waals surface area contributed by atoms with Crippen molar-refractivity contribution in [3.05, 3.63) is 28.8 Å². The summed E-state index contributed by atoms with van der Waals surface area (Å²) in [5, 5.41) is 4.00. The number of hydrogen-bond acceptors (Lipinski definition) is 1. The molecule has 1 nitrogen and oxygen atoms in total. The summed E-state index contributed by atoms with van der Waals surface area (Å²) in [4.78, 5) is 0.907. The molecule has 2 rings (SSSR count). The molecule has 1 N–H and O–H groups in total. The maximum absolute atomic E-state index is 5.98. The standard InChI is InChI=1S/C11H12ClNS/c1-11(2)6-10(14)13-9-4-3-7(12)5-8(9)11/h3-5H,6H2,1-2H3,(H,13,14). The van der Waals surface area contributed by atoms with Crippen molar-refractivity contribution >= 4 is 34.5 Å². The van der Waals surface area contributed by atoms with Gasteiger partial charge in [-0.1, -0.05) is 37.7 Å². The van der Waals surface area contributed by atoms with Gasteiger partial charge in [0.15, 0.2) is 0 Å². The predicted octanol–water partition coefficient (Wildman–Crippen LogP) is 3.76. The summed E-state index contributed by atoms with van der Waals surface area (Å²) in [6, 6.07) is 5.90. The number of nitrogens with one attached hydrogen (secondary N) is 1. The SMILES string of the molecule is CC1(C)CC(=S)Nc2ccc(Cl)cc21. The van der Waals surface area contributed by atoms with E-state index in [0.717, 1.165) is 22.1 Å². The molecule has 74 valence electrons. The van der Waals surface area contributed by atoms with E-state index >= 15 is 0 Å². The lowest BCUT2D eigenvalue weighted by Crippen LogP contribution is -2.31. The number of rotatable bonds is 0. The van der Waals surface area contributed by atoms with Gasteiger partial charge in [-0.2, -0.15) is 0 Å². The molecule has 0 aliphatic carbocycles. The first-order chi connectivity index (χ1) is 6.49. The fraction of sp³-hybridized carbons (Fsp3) is 0.364. The predicted molar refractivity (Wildman–Crippen MR) is 65.3 cm³/mol. The van der Waals surface area contributed by atoms with Gasteiger partial charge < -0.3 is 5.32 Å². The van der Waals surface area contributed by atoms with Crippen molar-refractivity contribution in [1.82, 2.24) is 0 Å². The van der Waals surface area contributed by atoms with E-state index in [2.05, 4.69) is 19.2 Å². The molecule has 0 unspecified atom stereocenters. The quantitative estimate of drug-likeness (QED) is 0.675. The number of anilines is 1. The highest BCUT2D eigenvalue weighted by Crippen LogP contribution is 2.38. The highest BCUT2D eigenvalue weighted by molar-refractivity contribution is 7.80. The maximum atomic E-state index is 5.98. The van der Waals surface area contributed by atoms with E-state index in [1.165, 1.54) is 5.56 Å². The Morgan fingerprint density at radius 2 is 2.14 bits per heavy atom. The molecule has 0 aromatic heterocycles. The molecular weight excluding hydrogens is 214 g/mol. The van der Waals surface area contributed by atoms with Crippen molar-refractivity contribution in [3.63, 3.8) is 0 Å². The van der Waals surface area contributed by atoms with Gasteiger partial charge in [-0.05, 0) is 29.2 Å². The first-order valence-electron chi connectivity index (χ1n) is 4.59. The van der Waals surface area contributed by atoms with Crippen LogP contribution in [0.4, 0.5) is 5.69 Å². The van der Waals surface area contributed by atoms with Crippen LogP contribution in [0, 0.1) is 0 Å². The van der Waals surface area contributed by atoms with Crippen molar-refractivity contribution in [1.29, 1.82) is 0 Å². The van der Waals surface area contributed by atoms with Gasteiger partial charge in [0.25, 0.3) is 0 Å². The number of benzene rings is 1. The van der Waals surface area contributed by atoms with Crippen LogP contribution in [0.5, 0.6) is 0 Å². The molecule has 1 aliphatic rings. The highest BCUT2D eigenvalue weighted by atomic mass is 35.5. The van der Waals surface area contributed by atoms with E-state index in [1.807, 2.05) is 18.2 Å². The number of thiocarbonyl (C=S) groups is 1. The van der Waals surface area contributed by atoms with E-state index in [1.54, 1.807) is 0 Å². The summed E-state index contributed by atoms with van der Waals surface area (Å²) >= 11 is 11.2. The van der Waals surface area contributed by atoms with Crippen molar-refractivity contribution in [2.75, 3.05) is 5.32 Å². The van der Waals surface area contributed by atoms with Crippen LogP contribution in [0.2, 0.25) is 5.02 Å². The first kappa shape index (κ1) is 9.94. The van der Waals surface area contributed by atoms with Crippen molar-refractivity contribution in [2.24, 2.45) is 0 Å². The van der Waals surface area contributed by atoms with Gasteiger partial charge in [0, 0.05) is 17.1 Å². The molecule has 0 amide bonds. The summed E-state index contributed by atoms with van der Waals surface area (Å²) < 4.78 is 0. The molecule has 0 radical (unpaired) electrons. The first-order valence-corrected chi connectivity index (χ1v) is 5.37. The third-order valence-electron chi connectivity index (χ3n) is 2.59. The van der Waals surface area contributed by atoms with Crippen LogP contribution in [0.25, 0.3) is 0 Å². The Morgan fingerprint density at radius 1 is 1.43 bits per heavy atom. The fourth-order valence-electron chi connectivity index (χ4n) is 1.88. The Labute approximate surface area is 94.5 Å². The monoisotopic (exact) mass is 225 g/mol. The van der Waals surface area contributed by atoms with Crippen LogP contribution in [-0.2, 0) is 5.41 Å². The number of fused-ring (bicyclic) bond motifs is 1. The molecule has 1 heterocycles. The molecule has 0 bridgehead atoms. The van der Waals surface area contributed by atoms with Crippen molar-refractivity contribution in [3.8, 4) is 0 Å². The molecule has 0 atom stereocenters. The third kappa shape index (κ3) is 1.64. The summed E-state index contributed by atoms with van der Waals surface area (Å²) in [7, 11) is 0. The molecule has 0 spiro atoms. The molecule has 0 saturated heterocycles. The average Bonchev–Trinajstić information content (AvgIpc) is 2.05. The summed E-state index contributed by atoms with van der Waals surface area (Å²) in [5.41, 5.74) is 2.43. The van der Waals surface area contributed by atoms with E-state index < -0.39 is 0 Å². The zero-order valence-electron chi connectivity index (χ0n) is 8.23. The topological polar surface area (TPSA) is 12.0 Å². The van der Waals surface area contributed by atoms with Gasteiger partial charge in [0.2, 0.25) is 0 Å². The molecule has 1 aliphatic heterocycles. The second-order valence-corrected chi connectivity index (χ2v) is 5.23. The van der Waals surface area contributed by atoms with Crippen molar-refractivity contribution < 1.29 is 0 Å². The summed E-state index contributed by atoms with van der Waals surface area (Å²) in [6.07, 6.45) is 0.885. The Hall–Kier alpha value is -0.600. The maximum Gasteiger partial charge on any atom is 0.0806 e. The second-order valence-electron chi connectivity index (χ2n) is 4.30. The lowest BCUT2D eigenvalue weighted by Gasteiger charge is -2.33. The molecule has 3 heteroatoms. The smallest absolute Gasteiger partial charge is 0.0806 e. The van der Waals surface area contributed by atoms with Crippen LogP contribution in [0.1, 0.15) is 25.8 Å². The number of halogens is 1. The average molecular weight is 226 g/mol. The van der Waals surface area contributed by atoms with Crippen LogP contribution in [0.15, 0.2) is 18.2 Å². The molecule has 0 fully saturated rings. The molecule has 0 saturated carbocycles. The minimum Gasteiger partial charge on any atom is -0.350 e. The Bertz CT molecular complexity index is 398. The zero-order chi connectivity index (χ0) is 10.3. The lowest BCUT2D eigenvalue weighted by atomic mass is 9.78. The van der Waals surface area contributed by atoms with Gasteiger partial charge in [0.05, 0.1) is 4.99 Å². The Morgan fingerprint density at radius 3 is 2.86 bits per heavy atom. The Kier molecular flexibility index (Phi) is 2.28. The molecular formula is C11H12ClNS. The van der Waals surface area contributed by atoms with Crippen molar-refractivity contribution in [2.45, 2.75) is 25.7 Å². The van der Waals surface area contributed by atoms with Gasteiger partial charge in [-0.3, -0.25) is 0 Å². The minimum absolute atomic E-state index is 0.0859. The summed E-state index contributed by atoms with van der Waals surface area (Å²) in [6.45, 7) is 4.38. The zero-order valence-corrected chi connectivity index (χ0v) is 9.80. The summed E-state index contributed by atoms with van der Waals surface area (Å²) in [5.74, 6) is 0. The van der Waals surface area contributed by atoms with E-state index in [9.17, 15) is 0 Å². The largest absolute Gasteiger partial charge is 0.350 e. The Balaban J connectivity index is 2.58. The van der Waals surface area contributed by atoms with Crippen LogP contribution in [0.3, 0.4) is 0 Å². The van der Waals surface area contributed by atoms with Gasteiger partial charge in [-0.25, -0.2) is 0 Å². The molecule has 1 aromatic rings. The number of hydrogen-bond donors (Lipinski definition) is 1. The van der Waals surface area contributed by atoms with Gasteiger partial charge in [-0.15, -0.1) is 0 Å². The van der Waals surface area contributed by atoms with Gasteiger partial charge >= 0.3 is 0 Å². The highest BCUT2D eigenvalue weighted by Gasteiger charge is 2.29. The van der Waals surface area contributed by atoms with E-state index in [4.69, 9.17) is 23.8 Å².